The van der Waals surface area contributed by atoms with Gasteiger partial charge < -0.3 is 0 Å². The van der Waals surface area contributed by atoms with Crippen molar-refractivity contribution in [2.75, 3.05) is 0 Å². The third-order valence-corrected chi connectivity index (χ3v) is 0. The quantitative estimate of drug-likeness (QED) is 0.111. The molecule has 129 valence electrons. The summed E-state index contributed by atoms with van der Waals surface area (Å²) < 4.78 is 128. The second-order valence-electron chi connectivity index (χ2n) is 1.79. The Morgan fingerprint density at radius 1 is 0.333 bits per heavy atom. The van der Waals surface area contributed by atoms with Gasteiger partial charge in [-0.1, -0.05) is 0 Å². The van der Waals surface area contributed by atoms with E-state index in [1.54, 1.807) is 0 Å². The van der Waals surface area contributed by atoms with Crippen LogP contribution in [0.4, 0.5) is 0 Å². The third-order valence-electron chi connectivity index (χ3n) is 0. The monoisotopic (exact) mass is 679 g/mol. The van der Waals surface area contributed by atoms with E-state index in [1.807, 2.05) is 0 Å². The molecular formula is H8Mo4NaO16. The van der Waals surface area contributed by atoms with Crippen LogP contribution >= 0.6 is 0 Å². The van der Waals surface area contributed by atoms with Gasteiger partial charge in [0.25, 0.3) is 0 Å². The molecule has 8 N–H and O–H groups in total. The summed E-state index contributed by atoms with van der Waals surface area (Å²) >= 11 is -22.1. The molecule has 0 atom stereocenters. The minimum absolute atomic E-state index is 0. The topological polar surface area (TPSA) is 298 Å². The molecule has 21 heavy (non-hydrogen) atoms. The predicted octanol–water partition coefficient (Wildman–Crippen LogP) is -5.80. The standard InChI is InChI=1S/4Mo.Na.8H2O.8O/h;;;;;8*1H2;;;;;;;;/q4*+2;;;;;;;;;;;;;;;;;/p-8. The van der Waals surface area contributed by atoms with Crippen molar-refractivity contribution in [1.29, 1.82) is 0 Å². The number of hydrogen-bond acceptors (Lipinski definition) is 8. The second-order valence-corrected chi connectivity index (χ2v) is 10.6. The van der Waals surface area contributed by atoms with Gasteiger partial charge in [0.05, 0.1) is 0 Å². The van der Waals surface area contributed by atoms with Crippen LogP contribution in [0.15, 0.2) is 0 Å². The Labute approximate surface area is 151 Å². The van der Waals surface area contributed by atoms with Gasteiger partial charge in [0.15, 0.2) is 0 Å². The van der Waals surface area contributed by atoms with Crippen molar-refractivity contribution < 1.29 is 124 Å². The Bertz CT molecular complexity index is 473. The van der Waals surface area contributed by atoms with E-state index >= 15 is 0 Å². The molecule has 0 aliphatic rings. The fourth-order valence-corrected chi connectivity index (χ4v) is 0. The van der Waals surface area contributed by atoms with E-state index in [-0.39, 0.29) is 29.6 Å². The Kier molecular flexibility index (Phi) is 23.1. The van der Waals surface area contributed by atoms with Gasteiger partial charge in [0.2, 0.25) is 0 Å². The van der Waals surface area contributed by atoms with Crippen molar-refractivity contribution in [3.05, 3.63) is 0 Å². The molecule has 0 unspecified atom stereocenters. The third kappa shape index (κ3) is 2560. The molecule has 0 amide bonds. The van der Waals surface area contributed by atoms with E-state index in [9.17, 15) is 0 Å². The first-order chi connectivity index (χ1) is 8.00. The summed E-state index contributed by atoms with van der Waals surface area (Å²) in [7, 11) is 0. The Hall–Kier alpha value is 1.83. The zero-order valence-electron chi connectivity index (χ0n) is 9.48. The first-order valence-corrected chi connectivity index (χ1v) is 16.5. The molecule has 0 rings (SSSR count). The minimum atomic E-state index is -5.52. The molecule has 0 fully saturated rings. The van der Waals surface area contributed by atoms with Crippen molar-refractivity contribution in [2.45, 2.75) is 0 Å². The normalized spacial score (nSPS) is 11.0. The molecular weight excluding hydrogens is 663 g/mol. The van der Waals surface area contributed by atoms with E-state index < -0.39 is 67.0 Å². The summed E-state index contributed by atoms with van der Waals surface area (Å²) in [5, 5.41) is 0. The summed E-state index contributed by atoms with van der Waals surface area (Å²) in [6.45, 7) is 0. The molecule has 0 aliphatic carbocycles. The molecule has 0 aromatic heterocycles. The predicted molar refractivity (Wildman–Crippen MR) is 29.0 cm³/mol. The molecule has 16 nitrogen and oxygen atoms in total. The van der Waals surface area contributed by atoms with Gasteiger partial charge >= 0.3 is 124 Å². The van der Waals surface area contributed by atoms with E-state index in [4.69, 9.17) is 57.3 Å². The zero-order valence-corrected chi connectivity index (χ0v) is 19.5. The summed E-state index contributed by atoms with van der Waals surface area (Å²) in [5.41, 5.74) is 0. The molecule has 0 saturated heterocycles. The van der Waals surface area contributed by atoms with Crippen LogP contribution in [0.1, 0.15) is 0 Å². The maximum atomic E-state index is 8.85. The summed E-state index contributed by atoms with van der Waals surface area (Å²) in [6.07, 6.45) is 0. The van der Waals surface area contributed by atoms with Crippen LogP contribution in [-0.2, 0) is 94.2 Å². The van der Waals surface area contributed by atoms with Crippen molar-refractivity contribution in [3.8, 4) is 0 Å². The van der Waals surface area contributed by atoms with Crippen LogP contribution in [0.5, 0.6) is 0 Å². The molecule has 0 aliphatic heterocycles. The van der Waals surface area contributed by atoms with Crippen molar-refractivity contribution in [2.24, 2.45) is 0 Å². The van der Waals surface area contributed by atoms with Gasteiger partial charge in [-0.3, -0.25) is 0 Å². The van der Waals surface area contributed by atoms with Gasteiger partial charge in [-0.15, -0.1) is 0 Å². The second kappa shape index (κ2) is 14.2. The SMILES string of the molecule is [Na].[O]=[Mo](=[O])([OH])[OH].[O]=[Mo](=[O])([OH])[OH].[O]=[Mo](=[O])([OH])[OH].[O]=[Mo](=[O])([OH])[OH]. The molecule has 1 radical (unpaired) electrons. The maximum absolute atomic E-state index is 8.85. The molecule has 0 aromatic carbocycles. The van der Waals surface area contributed by atoms with Crippen LogP contribution in [0.25, 0.3) is 0 Å². The number of rotatable bonds is 0. The van der Waals surface area contributed by atoms with Gasteiger partial charge in [-0.25, -0.2) is 0 Å². The summed E-state index contributed by atoms with van der Waals surface area (Å²) in [5.74, 6) is 0. The van der Waals surface area contributed by atoms with Gasteiger partial charge in [0.1, 0.15) is 0 Å². The van der Waals surface area contributed by atoms with Gasteiger partial charge in [0, 0.05) is 29.6 Å². The van der Waals surface area contributed by atoms with Crippen LogP contribution in [0, 0.1) is 0 Å². The van der Waals surface area contributed by atoms with Crippen LogP contribution < -0.4 is 0 Å². The average molecular weight is 671 g/mol. The van der Waals surface area contributed by atoms with Crippen LogP contribution in [0.2, 0.25) is 0 Å². The molecule has 21 heteroatoms. The van der Waals surface area contributed by atoms with Crippen molar-refractivity contribution in [1.82, 2.24) is 0 Å². The fourth-order valence-electron chi connectivity index (χ4n) is 0. The van der Waals surface area contributed by atoms with Gasteiger partial charge in [-0.05, 0) is 0 Å². The molecule has 0 bridgehead atoms. The molecule has 0 saturated carbocycles. The average Bonchev–Trinajstić information content (AvgIpc) is 1.62. The first kappa shape index (κ1) is 34.2. The molecule has 0 aromatic rings. The van der Waals surface area contributed by atoms with E-state index in [0.717, 1.165) is 0 Å². The Balaban J connectivity index is -0.0000000533. The van der Waals surface area contributed by atoms with Crippen LogP contribution in [0.3, 0.4) is 0 Å². The number of hydrogen-bond donors (Lipinski definition) is 8. The van der Waals surface area contributed by atoms with Crippen molar-refractivity contribution >= 4 is 29.6 Å². The van der Waals surface area contributed by atoms with E-state index in [2.05, 4.69) is 0 Å². The van der Waals surface area contributed by atoms with Crippen molar-refractivity contribution in [3.63, 3.8) is 0 Å². The Morgan fingerprint density at radius 2 is 0.333 bits per heavy atom. The Morgan fingerprint density at radius 3 is 0.333 bits per heavy atom. The fraction of sp³-hybridized carbons (Fsp3) is 0. The van der Waals surface area contributed by atoms with E-state index in [0.29, 0.717) is 0 Å². The molecule has 0 spiro atoms. The molecule has 0 heterocycles. The van der Waals surface area contributed by atoms with Crippen LogP contribution in [-0.4, -0.2) is 59.6 Å². The summed E-state index contributed by atoms with van der Waals surface area (Å²) in [4.78, 5) is 0. The first-order valence-electron chi connectivity index (χ1n) is 2.79. The summed E-state index contributed by atoms with van der Waals surface area (Å²) in [6, 6.07) is 0. The zero-order chi connectivity index (χ0) is 18.0. The van der Waals surface area contributed by atoms with Gasteiger partial charge in [-0.2, -0.15) is 0 Å². The van der Waals surface area contributed by atoms with E-state index in [1.165, 1.54) is 0 Å².